The third-order valence-electron chi connectivity index (χ3n) is 3.99. The Bertz CT molecular complexity index is 879. The van der Waals surface area contributed by atoms with Gasteiger partial charge in [0.2, 0.25) is 11.1 Å². The summed E-state index contributed by atoms with van der Waals surface area (Å²) in [5.41, 5.74) is 2.02. The number of nitrogens with zero attached hydrogens (tertiary/aromatic N) is 3. The maximum absolute atomic E-state index is 12.6. The number of nitrogens with one attached hydrogen (secondary N) is 1. The van der Waals surface area contributed by atoms with E-state index in [0.29, 0.717) is 22.4 Å². The first-order valence-corrected chi connectivity index (χ1v) is 9.39. The zero-order chi connectivity index (χ0) is 19.4. The molecule has 0 amide bonds. The van der Waals surface area contributed by atoms with Crippen molar-refractivity contribution in [1.29, 1.82) is 0 Å². The molecule has 1 aliphatic heterocycles. The van der Waals surface area contributed by atoms with Crippen molar-refractivity contribution in [3.63, 3.8) is 0 Å². The summed E-state index contributed by atoms with van der Waals surface area (Å²) in [6.45, 7) is 3.85. The van der Waals surface area contributed by atoms with E-state index >= 15 is 0 Å². The first kappa shape index (κ1) is 19.0. The van der Waals surface area contributed by atoms with Gasteiger partial charge in [0.05, 0.1) is 25.0 Å². The van der Waals surface area contributed by atoms with Crippen LogP contribution in [0.5, 0.6) is 0 Å². The number of hydrogen-bond acceptors (Lipinski definition) is 8. The second-order valence-electron chi connectivity index (χ2n) is 5.72. The van der Waals surface area contributed by atoms with Gasteiger partial charge in [-0.1, -0.05) is 42.1 Å². The number of fused-ring (bicyclic) bond motifs is 1. The predicted molar refractivity (Wildman–Crippen MR) is 100 cm³/mol. The molecule has 1 N–H and O–H groups in total. The van der Waals surface area contributed by atoms with E-state index in [1.54, 1.807) is 11.6 Å². The Morgan fingerprint density at radius 3 is 2.70 bits per heavy atom. The fraction of sp³-hybridized carbons (Fsp3) is 0.333. The molecule has 142 valence electrons. The van der Waals surface area contributed by atoms with E-state index in [1.165, 1.54) is 18.9 Å². The Balaban J connectivity index is 2.01. The number of ether oxygens (including phenoxy) is 2. The summed E-state index contributed by atoms with van der Waals surface area (Å²) in [4.78, 5) is 28.4. The number of carbonyl (C=O) groups excluding carboxylic acids is 2. The fourth-order valence-electron chi connectivity index (χ4n) is 2.79. The predicted octanol–water partition coefficient (Wildman–Crippen LogP) is 2.40. The van der Waals surface area contributed by atoms with Crippen molar-refractivity contribution in [2.45, 2.75) is 25.0 Å². The lowest BCUT2D eigenvalue weighted by molar-refractivity contribution is -0.139. The van der Waals surface area contributed by atoms with E-state index in [2.05, 4.69) is 20.1 Å². The first-order chi connectivity index (χ1) is 13.0. The van der Waals surface area contributed by atoms with Crippen molar-refractivity contribution in [2.75, 3.05) is 24.8 Å². The van der Waals surface area contributed by atoms with Crippen molar-refractivity contribution in [3.8, 4) is 0 Å². The highest BCUT2D eigenvalue weighted by atomic mass is 32.2. The molecule has 0 aliphatic carbocycles. The minimum Gasteiger partial charge on any atom is -0.468 e. The first-order valence-electron chi connectivity index (χ1n) is 8.41. The van der Waals surface area contributed by atoms with Crippen LogP contribution in [-0.2, 0) is 19.1 Å². The van der Waals surface area contributed by atoms with E-state index in [-0.39, 0.29) is 18.3 Å². The molecular formula is C18H20N4O4S. The molecule has 1 aromatic carbocycles. The second-order valence-corrected chi connectivity index (χ2v) is 6.67. The van der Waals surface area contributed by atoms with Gasteiger partial charge in [0.25, 0.3) is 0 Å². The lowest BCUT2D eigenvalue weighted by Crippen LogP contribution is -2.29. The number of benzene rings is 1. The summed E-state index contributed by atoms with van der Waals surface area (Å²) in [5, 5.41) is 8.03. The van der Waals surface area contributed by atoms with Crippen LogP contribution in [-0.4, -0.2) is 46.2 Å². The molecule has 2 aromatic rings. The molecule has 3 rings (SSSR count). The van der Waals surface area contributed by atoms with Gasteiger partial charge in [-0.05, 0) is 19.4 Å². The van der Waals surface area contributed by atoms with Crippen LogP contribution >= 0.6 is 11.8 Å². The van der Waals surface area contributed by atoms with Gasteiger partial charge in [-0.15, -0.1) is 5.10 Å². The Morgan fingerprint density at radius 1 is 1.30 bits per heavy atom. The van der Waals surface area contributed by atoms with Crippen LogP contribution in [0, 0.1) is 0 Å². The van der Waals surface area contributed by atoms with Gasteiger partial charge < -0.3 is 14.8 Å². The number of carbonyl (C=O) groups is 2. The number of hydrogen-bond donors (Lipinski definition) is 1. The zero-order valence-corrected chi connectivity index (χ0v) is 16.1. The highest BCUT2D eigenvalue weighted by Crippen LogP contribution is 2.36. The normalized spacial score (nSPS) is 15.7. The van der Waals surface area contributed by atoms with Crippen LogP contribution in [0.3, 0.4) is 0 Å². The number of aromatic nitrogens is 3. The summed E-state index contributed by atoms with van der Waals surface area (Å²) >= 11 is 1.17. The molecule has 0 spiro atoms. The summed E-state index contributed by atoms with van der Waals surface area (Å²) in [6.07, 6.45) is 0. The van der Waals surface area contributed by atoms with E-state index < -0.39 is 12.0 Å². The monoisotopic (exact) mass is 388 g/mol. The van der Waals surface area contributed by atoms with Crippen molar-refractivity contribution >= 4 is 29.6 Å². The maximum atomic E-state index is 12.6. The molecular weight excluding hydrogens is 368 g/mol. The van der Waals surface area contributed by atoms with Crippen molar-refractivity contribution in [1.82, 2.24) is 14.8 Å². The number of esters is 2. The molecule has 0 bridgehead atoms. The molecule has 1 aromatic heterocycles. The van der Waals surface area contributed by atoms with Crippen LogP contribution in [0.25, 0.3) is 0 Å². The molecule has 0 fully saturated rings. The highest BCUT2D eigenvalue weighted by molar-refractivity contribution is 7.99. The molecule has 0 saturated heterocycles. The van der Waals surface area contributed by atoms with E-state index in [1.807, 2.05) is 37.3 Å². The molecule has 27 heavy (non-hydrogen) atoms. The number of methoxy groups -OCH3 is 1. The third kappa shape index (κ3) is 3.97. The summed E-state index contributed by atoms with van der Waals surface area (Å²) in [6, 6.07) is 9.09. The average Bonchev–Trinajstić information content (AvgIpc) is 3.08. The van der Waals surface area contributed by atoms with Crippen LogP contribution < -0.4 is 5.32 Å². The van der Waals surface area contributed by atoms with Crippen LogP contribution in [0.1, 0.15) is 25.5 Å². The topological polar surface area (TPSA) is 95.3 Å². The van der Waals surface area contributed by atoms with E-state index in [9.17, 15) is 9.59 Å². The van der Waals surface area contributed by atoms with E-state index in [0.717, 1.165) is 5.56 Å². The minimum atomic E-state index is -0.471. The van der Waals surface area contributed by atoms with Crippen LogP contribution in [0.4, 0.5) is 5.95 Å². The SMILES string of the molecule is CCOC(=O)C1=C(C)Nc2nc(SCC(=O)OC)nn2[C@@H]1c1ccccc1. The van der Waals surface area contributed by atoms with Gasteiger partial charge in [-0.3, -0.25) is 4.79 Å². The minimum absolute atomic E-state index is 0.104. The molecule has 2 heterocycles. The lowest BCUT2D eigenvalue weighted by atomic mass is 9.96. The van der Waals surface area contributed by atoms with Gasteiger partial charge in [0.15, 0.2) is 0 Å². The molecule has 8 nitrogen and oxygen atoms in total. The maximum Gasteiger partial charge on any atom is 0.338 e. The Morgan fingerprint density at radius 2 is 2.04 bits per heavy atom. The Labute approximate surface area is 160 Å². The standard InChI is InChI=1S/C18H20N4O4S/c1-4-26-16(24)14-11(2)19-17-20-18(27-10-13(23)25-3)21-22(17)15(14)12-8-6-5-7-9-12/h5-9,15H,4,10H2,1-3H3,(H,19,20,21)/t15-/m1/s1. The average molecular weight is 388 g/mol. The quantitative estimate of drug-likeness (QED) is 0.595. The molecule has 0 unspecified atom stereocenters. The Kier molecular flexibility index (Phi) is 5.80. The van der Waals surface area contributed by atoms with Gasteiger partial charge in [-0.25, -0.2) is 9.48 Å². The molecule has 0 radical (unpaired) electrons. The van der Waals surface area contributed by atoms with Crippen LogP contribution in [0.2, 0.25) is 0 Å². The van der Waals surface area contributed by atoms with E-state index in [4.69, 9.17) is 4.74 Å². The van der Waals surface area contributed by atoms with Crippen molar-refractivity contribution < 1.29 is 19.1 Å². The molecule has 1 aliphatic rings. The molecule has 1 atom stereocenters. The fourth-order valence-corrected chi connectivity index (χ4v) is 3.45. The zero-order valence-electron chi connectivity index (χ0n) is 15.3. The van der Waals surface area contributed by atoms with Gasteiger partial charge >= 0.3 is 11.9 Å². The number of allylic oxidation sites excluding steroid dienone is 1. The number of anilines is 1. The smallest absolute Gasteiger partial charge is 0.338 e. The van der Waals surface area contributed by atoms with Gasteiger partial charge in [-0.2, -0.15) is 4.98 Å². The summed E-state index contributed by atoms with van der Waals surface area (Å²) in [7, 11) is 1.33. The number of rotatable bonds is 6. The van der Waals surface area contributed by atoms with Gasteiger partial charge in [0.1, 0.15) is 6.04 Å². The molecule has 0 saturated carbocycles. The molecule has 9 heteroatoms. The van der Waals surface area contributed by atoms with Crippen LogP contribution in [0.15, 0.2) is 46.8 Å². The summed E-state index contributed by atoms with van der Waals surface area (Å²) in [5.74, 6) is -0.155. The third-order valence-corrected chi connectivity index (χ3v) is 4.80. The number of thioether (sulfide) groups is 1. The van der Waals surface area contributed by atoms with Crippen molar-refractivity contribution in [2.24, 2.45) is 0 Å². The lowest BCUT2D eigenvalue weighted by Gasteiger charge is -2.28. The van der Waals surface area contributed by atoms with Crippen molar-refractivity contribution in [3.05, 3.63) is 47.2 Å². The largest absolute Gasteiger partial charge is 0.468 e. The summed E-state index contributed by atoms with van der Waals surface area (Å²) < 4.78 is 11.6. The Hall–Kier alpha value is -2.81. The van der Waals surface area contributed by atoms with Gasteiger partial charge in [0, 0.05) is 5.70 Å². The highest BCUT2D eigenvalue weighted by Gasteiger charge is 2.35. The second kappa shape index (κ2) is 8.26.